The average Bonchev–Trinajstić information content (AvgIpc) is 2.68. The fourth-order valence-electron chi connectivity index (χ4n) is 1.55. The molecule has 1 unspecified atom stereocenters. The van der Waals surface area contributed by atoms with E-state index in [0.717, 1.165) is 12.0 Å². The second-order valence-corrected chi connectivity index (χ2v) is 5.50. The number of nitrogens with two attached hydrogens (primary N) is 1. The van der Waals surface area contributed by atoms with E-state index in [1.165, 1.54) is 4.88 Å². The molecule has 0 amide bonds. The van der Waals surface area contributed by atoms with Crippen LogP contribution in [0.5, 0.6) is 0 Å². The van der Waals surface area contributed by atoms with Gasteiger partial charge >= 0.3 is 0 Å². The molecule has 0 spiro atoms. The maximum Gasteiger partial charge on any atom is 0.0424 e. The molecule has 2 N–H and O–H groups in total. The van der Waals surface area contributed by atoms with Crippen molar-refractivity contribution in [3.63, 3.8) is 0 Å². The maximum absolute atomic E-state index is 6.11. The zero-order chi connectivity index (χ0) is 11.5. The molecule has 1 aromatic carbocycles. The van der Waals surface area contributed by atoms with Crippen LogP contribution in [0.25, 0.3) is 0 Å². The molecule has 0 radical (unpaired) electrons. The van der Waals surface area contributed by atoms with Gasteiger partial charge in [-0.05, 0) is 35.2 Å². The largest absolute Gasteiger partial charge is 0.324 e. The first-order valence-corrected chi connectivity index (χ1v) is 6.52. The van der Waals surface area contributed by atoms with E-state index >= 15 is 0 Å². The van der Waals surface area contributed by atoms with E-state index in [-0.39, 0.29) is 6.04 Å². The Morgan fingerprint density at radius 3 is 2.44 bits per heavy atom. The van der Waals surface area contributed by atoms with Gasteiger partial charge in [0.15, 0.2) is 0 Å². The van der Waals surface area contributed by atoms with E-state index in [1.807, 2.05) is 23.6 Å². The monoisotopic (exact) mass is 271 g/mol. The third-order valence-corrected chi connectivity index (χ3v) is 3.65. The van der Waals surface area contributed by atoms with E-state index in [2.05, 4.69) is 6.07 Å². The van der Waals surface area contributed by atoms with Crippen molar-refractivity contribution in [2.24, 2.45) is 5.73 Å². The van der Waals surface area contributed by atoms with Gasteiger partial charge in [-0.25, -0.2) is 0 Å². The van der Waals surface area contributed by atoms with Crippen LogP contribution in [0.2, 0.25) is 10.0 Å². The highest BCUT2D eigenvalue weighted by Crippen LogP contribution is 2.25. The average molecular weight is 272 g/mol. The molecule has 0 saturated carbocycles. The van der Waals surface area contributed by atoms with Crippen LogP contribution in [0.4, 0.5) is 0 Å². The highest BCUT2D eigenvalue weighted by Gasteiger charge is 2.09. The number of thiophene rings is 1. The molecule has 0 aliphatic rings. The van der Waals surface area contributed by atoms with Crippen LogP contribution < -0.4 is 5.73 Å². The van der Waals surface area contributed by atoms with Gasteiger partial charge in [-0.15, -0.1) is 11.3 Å². The molecular weight excluding hydrogens is 261 g/mol. The molecule has 1 nitrogen and oxygen atoms in total. The lowest BCUT2D eigenvalue weighted by Gasteiger charge is -2.11. The Morgan fingerprint density at radius 2 is 1.88 bits per heavy atom. The van der Waals surface area contributed by atoms with Crippen molar-refractivity contribution in [1.29, 1.82) is 0 Å². The van der Waals surface area contributed by atoms with Crippen LogP contribution in [0, 0.1) is 0 Å². The van der Waals surface area contributed by atoms with Crippen LogP contribution in [0.1, 0.15) is 16.5 Å². The molecule has 84 valence electrons. The minimum absolute atomic E-state index is 0.0603. The summed E-state index contributed by atoms with van der Waals surface area (Å²) >= 11 is 13.6. The maximum atomic E-state index is 6.11. The van der Waals surface area contributed by atoms with E-state index < -0.39 is 0 Å². The van der Waals surface area contributed by atoms with Crippen LogP contribution in [-0.2, 0) is 6.42 Å². The molecule has 4 heteroatoms. The number of hydrogen-bond acceptors (Lipinski definition) is 2. The molecular formula is C12H11Cl2NS. The van der Waals surface area contributed by atoms with Gasteiger partial charge in [0.1, 0.15) is 0 Å². The summed E-state index contributed by atoms with van der Waals surface area (Å²) in [7, 11) is 0. The van der Waals surface area contributed by atoms with Gasteiger partial charge in [0.05, 0.1) is 0 Å². The summed E-state index contributed by atoms with van der Waals surface area (Å²) in [5.41, 5.74) is 7.09. The van der Waals surface area contributed by atoms with Gasteiger partial charge in [0.25, 0.3) is 0 Å². The molecule has 0 saturated heterocycles. The lowest BCUT2D eigenvalue weighted by molar-refractivity contribution is 0.730. The zero-order valence-electron chi connectivity index (χ0n) is 8.49. The van der Waals surface area contributed by atoms with E-state index in [1.54, 1.807) is 17.4 Å². The molecule has 1 heterocycles. The molecule has 0 bridgehead atoms. The lowest BCUT2D eigenvalue weighted by Crippen LogP contribution is -2.12. The highest BCUT2D eigenvalue weighted by atomic mass is 35.5. The zero-order valence-corrected chi connectivity index (χ0v) is 10.8. The Labute approximate surface area is 109 Å². The summed E-state index contributed by atoms with van der Waals surface area (Å²) in [4.78, 5) is 1.27. The van der Waals surface area contributed by atoms with Gasteiger partial charge in [0.2, 0.25) is 0 Å². The van der Waals surface area contributed by atoms with Crippen molar-refractivity contribution in [3.05, 3.63) is 56.2 Å². The molecule has 1 aromatic heterocycles. The quantitative estimate of drug-likeness (QED) is 0.885. The van der Waals surface area contributed by atoms with Crippen molar-refractivity contribution in [2.75, 3.05) is 0 Å². The number of benzene rings is 1. The molecule has 16 heavy (non-hydrogen) atoms. The summed E-state index contributed by atoms with van der Waals surface area (Å²) in [6, 6.07) is 9.49. The summed E-state index contributed by atoms with van der Waals surface area (Å²) in [5, 5.41) is 3.31. The predicted molar refractivity (Wildman–Crippen MR) is 71.4 cm³/mol. The minimum Gasteiger partial charge on any atom is -0.324 e. The summed E-state index contributed by atoms with van der Waals surface area (Å²) in [6.07, 6.45) is 0.814. The van der Waals surface area contributed by atoms with Gasteiger partial charge in [0, 0.05) is 27.4 Å². The molecule has 0 aliphatic heterocycles. The van der Waals surface area contributed by atoms with Crippen molar-refractivity contribution in [3.8, 4) is 0 Å². The summed E-state index contributed by atoms with van der Waals surface area (Å²) in [5.74, 6) is 0. The second kappa shape index (κ2) is 5.19. The number of halogens is 2. The van der Waals surface area contributed by atoms with Crippen molar-refractivity contribution in [2.45, 2.75) is 12.5 Å². The normalized spacial score (nSPS) is 12.7. The number of hydrogen-bond donors (Lipinski definition) is 1. The molecule has 2 aromatic rings. The standard InChI is InChI=1S/C12H11Cl2NS/c13-9-4-8(5-10(14)6-9)12(15)7-11-2-1-3-16-11/h1-6,12H,7,15H2. The lowest BCUT2D eigenvalue weighted by atomic mass is 10.0. The summed E-state index contributed by atoms with van der Waals surface area (Å²) in [6.45, 7) is 0. The van der Waals surface area contributed by atoms with Crippen LogP contribution >= 0.6 is 34.5 Å². The fraction of sp³-hybridized carbons (Fsp3) is 0.167. The van der Waals surface area contributed by atoms with Gasteiger partial charge in [-0.1, -0.05) is 29.3 Å². The molecule has 1 atom stereocenters. The van der Waals surface area contributed by atoms with Crippen LogP contribution in [-0.4, -0.2) is 0 Å². The van der Waals surface area contributed by atoms with E-state index in [4.69, 9.17) is 28.9 Å². The first-order valence-electron chi connectivity index (χ1n) is 4.89. The SMILES string of the molecule is NC(Cc1cccs1)c1cc(Cl)cc(Cl)c1. The Balaban J connectivity index is 2.17. The first-order chi connectivity index (χ1) is 7.65. The predicted octanol–water partition coefficient (Wildman–Crippen LogP) is 4.30. The number of rotatable bonds is 3. The van der Waals surface area contributed by atoms with Crippen molar-refractivity contribution >= 4 is 34.5 Å². The molecule has 0 aliphatic carbocycles. The van der Waals surface area contributed by atoms with Gasteiger partial charge in [-0.2, -0.15) is 0 Å². The van der Waals surface area contributed by atoms with Crippen molar-refractivity contribution < 1.29 is 0 Å². The Bertz CT molecular complexity index is 448. The van der Waals surface area contributed by atoms with Crippen molar-refractivity contribution in [1.82, 2.24) is 0 Å². The highest BCUT2D eigenvalue weighted by molar-refractivity contribution is 7.09. The molecule has 2 rings (SSSR count). The summed E-state index contributed by atoms with van der Waals surface area (Å²) < 4.78 is 0. The van der Waals surface area contributed by atoms with E-state index in [0.29, 0.717) is 10.0 Å². The molecule has 0 fully saturated rings. The van der Waals surface area contributed by atoms with Gasteiger partial charge < -0.3 is 5.73 Å². The third-order valence-electron chi connectivity index (χ3n) is 2.31. The minimum atomic E-state index is -0.0603. The van der Waals surface area contributed by atoms with E-state index in [9.17, 15) is 0 Å². The van der Waals surface area contributed by atoms with Crippen LogP contribution in [0.3, 0.4) is 0 Å². The smallest absolute Gasteiger partial charge is 0.0424 e. The first kappa shape index (κ1) is 11.9. The topological polar surface area (TPSA) is 26.0 Å². The fourth-order valence-corrected chi connectivity index (χ4v) is 2.86. The second-order valence-electron chi connectivity index (χ2n) is 3.59. The van der Waals surface area contributed by atoms with Gasteiger partial charge in [-0.3, -0.25) is 0 Å². The Kier molecular flexibility index (Phi) is 3.87. The Hall–Kier alpha value is -0.540. The Morgan fingerprint density at radius 1 is 1.19 bits per heavy atom. The van der Waals surface area contributed by atoms with Crippen LogP contribution in [0.15, 0.2) is 35.7 Å². The third kappa shape index (κ3) is 2.98.